The minimum atomic E-state index is -0.126. The highest BCUT2D eigenvalue weighted by Gasteiger charge is 2.38. The summed E-state index contributed by atoms with van der Waals surface area (Å²) in [4.78, 5) is 12.4. The van der Waals surface area contributed by atoms with Crippen LogP contribution in [-0.4, -0.2) is 23.8 Å². The van der Waals surface area contributed by atoms with E-state index < -0.39 is 0 Å². The lowest BCUT2D eigenvalue weighted by Crippen LogP contribution is -2.34. The minimum Gasteiger partial charge on any atom is -0.300 e. The van der Waals surface area contributed by atoms with Gasteiger partial charge in [0.2, 0.25) is 0 Å². The van der Waals surface area contributed by atoms with Gasteiger partial charge < -0.3 is 0 Å². The van der Waals surface area contributed by atoms with E-state index in [2.05, 4.69) is 63.0 Å². The van der Waals surface area contributed by atoms with E-state index in [1.807, 2.05) is 0 Å². The fourth-order valence-electron chi connectivity index (χ4n) is 4.09. The van der Waals surface area contributed by atoms with Crippen molar-refractivity contribution in [2.24, 2.45) is 5.92 Å². The normalized spacial score (nSPS) is 31.1. The first-order valence-electron chi connectivity index (χ1n) is 8.67. The number of carbonyl (C=O) groups excluding carboxylic acids is 1. The zero-order chi connectivity index (χ0) is 16.4. The van der Waals surface area contributed by atoms with E-state index in [1.165, 1.54) is 16.7 Å². The van der Waals surface area contributed by atoms with Crippen molar-refractivity contribution in [3.63, 3.8) is 0 Å². The highest BCUT2D eigenvalue weighted by molar-refractivity contribution is 7.58. The molecule has 2 aliphatic rings. The Balaban J connectivity index is 1.79. The van der Waals surface area contributed by atoms with Crippen molar-refractivity contribution in [1.82, 2.24) is 0 Å². The number of hydrogen-bond donors (Lipinski definition) is 0. The van der Waals surface area contributed by atoms with Crippen molar-refractivity contribution >= 4 is 13.7 Å². The third-order valence-corrected chi connectivity index (χ3v) is 8.76. The largest absolute Gasteiger partial charge is 0.300 e. The van der Waals surface area contributed by atoms with Gasteiger partial charge in [-0.25, -0.2) is 0 Å². The maximum Gasteiger partial charge on any atom is 0.134 e. The standard InChI is InChI=1S/C21H27OP/c1-15-8-4-6-10-17(15)12-19-13-18(22)14-21(23(19)3)20-11-7-5-9-16(20)2/h4-10,19-21H,11-14H2,1-3H3. The molecule has 0 aromatic heterocycles. The molecule has 1 fully saturated rings. The van der Waals surface area contributed by atoms with Gasteiger partial charge in [-0.05, 0) is 61.7 Å². The van der Waals surface area contributed by atoms with Crippen molar-refractivity contribution in [2.45, 2.75) is 50.8 Å². The molecule has 0 saturated carbocycles. The number of aryl methyl sites for hydroxylation is 1. The first kappa shape index (κ1) is 16.7. The summed E-state index contributed by atoms with van der Waals surface area (Å²) in [6, 6.07) is 8.65. The zero-order valence-electron chi connectivity index (χ0n) is 14.5. The molecule has 0 radical (unpaired) electrons. The van der Waals surface area contributed by atoms with Gasteiger partial charge in [0.1, 0.15) is 5.78 Å². The summed E-state index contributed by atoms with van der Waals surface area (Å²) in [6.07, 6.45) is 10.5. The van der Waals surface area contributed by atoms with Crippen LogP contribution in [0.1, 0.15) is 37.3 Å². The lowest BCUT2D eigenvalue weighted by Gasteiger charge is -2.41. The molecule has 1 aromatic rings. The molecule has 0 spiro atoms. The van der Waals surface area contributed by atoms with Gasteiger partial charge in [0, 0.05) is 12.8 Å². The molecule has 23 heavy (non-hydrogen) atoms. The van der Waals surface area contributed by atoms with Gasteiger partial charge in [0.25, 0.3) is 0 Å². The Morgan fingerprint density at radius 2 is 1.96 bits per heavy atom. The summed E-state index contributed by atoms with van der Waals surface area (Å²) in [5, 5.41) is 0. The number of rotatable bonds is 3. The molecule has 0 N–H and O–H groups in total. The monoisotopic (exact) mass is 326 g/mol. The van der Waals surface area contributed by atoms with Gasteiger partial charge in [-0.2, -0.15) is 0 Å². The summed E-state index contributed by atoms with van der Waals surface area (Å²) in [6.45, 7) is 6.88. The number of carbonyl (C=O) groups is 1. The van der Waals surface area contributed by atoms with Crippen LogP contribution in [0.2, 0.25) is 0 Å². The van der Waals surface area contributed by atoms with E-state index in [1.54, 1.807) is 0 Å². The number of hydrogen-bond acceptors (Lipinski definition) is 1. The molecule has 3 rings (SSSR count). The average molecular weight is 326 g/mol. The van der Waals surface area contributed by atoms with Crippen LogP contribution in [0.4, 0.5) is 0 Å². The summed E-state index contributed by atoms with van der Waals surface area (Å²) in [5.74, 6) is 1.07. The maximum absolute atomic E-state index is 12.4. The lowest BCUT2D eigenvalue weighted by molar-refractivity contribution is -0.119. The van der Waals surface area contributed by atoms with E-state index in [-0.39, 0.29) is 7.92 Å². The van der Waals surface area contributed by atoms with E-state index in [0.717, 1.165) is 25.7 Å². The molecule has 1 aliphatic carbocycles. The van der Waals surface area contributed by atoms with Crippen molar-refractivity contribution in [3.05, 3.63) is 59.2 Å². The molecule has 1 saturated heterocycles. The van der Waals surface area contributed by atoms with Crippen LogP contribution in [0, 0.1) is 12.8 Å². The van der Waals surface area contributed by atoms with Crippen LogP contribution >= 0.6 is 7.92 Å². The van der Waals surface area contributed by atoms with Crippen LogP contribution in [0.3, 0.4) is 0 Å². The Morgan fingerprint density at radius 3 is 2.70 bits per heavy atom. The molecule has 0 bridgehead atoms. The van der Waals surface area contributed by atoms with E-state index in [0.29, 0.717) is 23.0 Å². The average Bonchev–Trinajstić information content (AvgIpc) is 2.53. The Bertz CT molecular complexity index is 643. The van der Waals surface area contributed by atoms with Gasteiger partial charge in [-0.15, -0.1) is 7.92 Å². The Kier molecular flexibility index (Phi) is 5.17. The Hall–Kier alpha value is -1.20. The fourth-order valence-corrected chi connectivity index (χ4v) is 7.02. The van der Waals surface area contributed by atoms with Crippen LogP contribution in [-0.2, 0) is 11.2 Å². The Morgan fingerprint density at radius 1 is 1.17 bits per heavy atom. The van der Waals surface area contributed by atoms with Crippen molar-refractivity contribution < 1.29 is 4.79 Å². The van der Waals surface area contributed by atoms with E-state index in [9.17, 15) is 4.79 Å². The zero-order valence-corrected chi connectivity index (χ0v) is 15.4. The summed E-state index contributed by atoms with van der Waals surface area (Å²) >= 11 is 0. The Labute approximate surface area is 141 Å². The third-order valence-electron chi connectivity index (χ3n) is 5.65. The first-order valence-corrected chi connectivity index (χ1v) is 10.6. The summed E-state index contributed by atoms with van der Waals surface area (Å²) in [5.41, 5.74) is 5.38. The summed E-state index contributed by atoms with van der Waals surface area (Å²) < 4.78 is 0. The highest BCUT2D eigenvalue weighted by Crippen LogP contribution is 2.55. The predicted molar refractivity (Wildman–Crippen MR) is 101 cm³/mol. The lowest BCUT2D eigenvalue weighted by atomic mass is 9.86. The molecule has 1 aliphatic heterocycles. The molecular formula is C21H27OP. The second-order valence-electron chi connectivity index (χ2n) is 7.15. The second kappa shape index (κ2) is 7.14. The fraction of sp³-hybridized carbons (Fsp3) is 0.476. The van der Waals surface area contributed by atoms with Gasteiger partial charge in [0.15, 0.2) is 0 Å². The van der Waals surface area contributed by atoms with Crippen LogP contribution in [0.25, 0.3) is 0 Å². The molecule has 0 amide bonds. The van der Waals surface area contributed by atoms with Gasteiger partial charge in [0.05, 0.1) is 0 Å². The van der Waals surface area contributed by atoms with Gasteiger partial charge >= 0.3 is 0 Å². The molecular weight excluding hydrogens is 299 g/mol. The van der Waals surface area contributed by atoms with Crippen LogP contribution < -0.4 is 0 Å². The molecule has 1 heterocycles. The predicted octanol–water partition coefficient (Wildman–Crippen LogP) is 5.27. The smallest absolute Gasteiger partial charge is 0.134 e. The molecule has 4 atom stereocenters. The molecule has 122 valence electrons. The van der Waals surface area contributed by atoms with Gasteiger partial charge in [-0.3, -0.25) is 4.79 Å². The van der Waals surface area contributed by atoms with Crippen LogP contribution in [0.15, 0.2) is 48.1 Å². The SMILES string of the molecule is CC1=CC=CCC1C1CC(=O)CC(Cc2ccccc2C)P1C. The van der Waals surface area contributed by atoms with E-state index in [4.69, 9.17) is 0 Å². The highest BCUT2D eigenvalue weighted by atomic mass is 31.1. The molecule has 2 heteroatoms. The minimum absolute atomic E-state index is 0.126. The maximum atomic E-state index is 12.4. The summed E-state index contributed by atoms with van der Waals surface area (Å²) in [7, 11) is -0.126. The molecule has 1 aromatic carbocycles. The van der Waals surface area contributed by atoms with Gasteiger partial charge in [-0.1, -0.05) is 48.1 Å². The van der Waals surface area contributed by atoms with Crippen molar-refractivity contribution in [3.8, 4) is 0 Å². The number of Topliss-reactive ketones (excluding diaryl/α,β-unsaturated/α-hetero) is 1. The third kappa shape index (κ3) is 3.66. The molecule has 1 nitrogen and oxygen atoms in total. The first-order chi connectivity index (χ1) is 11.1. The second-order valence-corrected chi connectivity index (χ2v) is 9.87. The quantitative estimate of drug-likeness (QED) is 0.691. The van der Waals surface area contributed by atoms with Crippen molar-refractivity contribution in [2.75, 3.05) is 6.66 Å². The van der Waals surface area contributed by atoms with Crippen molar-refractivity contribution in [1.29, 1.82) is 0 Å². The topological polar surface area (TPSA) is 17.1 Å². The number of benzene rings is 1. The molecule has 4 unspecified atom stereocenters. The number of allylic oxidation sites excluding steroid dienone is 4. The van der Waals surface area contributed by atoms with Crippen LogP contribution in [0.5, 0.6) is 0 Å². The van der Waals surface area contributed by atoms with E-state index >= 15 is 0 Å². The number of ketones is 1.